The van der Waals surface area contributed by atoms with E-state index in [0.717, 1.165) is 23.1 Å². The van der Waals surface area contributed by atoms with Crippen molar-refractivity contribution in [3.05, 3.63) is 53.5 Å². The van der Waals surface area contributed by atoms with Crippen LogP contribution in [0.15, 0.2) is 52.9 Å². The second kappa shape index (κ2) is 7.62. The molecule has 0 saturated carbocycles. The largest absolute Gasteiger partial charge is 0.322 e. The van der Waals surface area contributed by atoms with E-state index in [0.29, 0.717) is 30.3 Å². The summed E-state index contributed by atoms with van der Waals surface area (Å²) in [5.41, 5.74) is 3.75. The van der Waals surface area contributed by atoms with Gasteiger partial charge in [-0.3, -0.25) is 4.79 Å². The number of hydrogen-bond donors (Lipinski definition) is 1. The number of carbonyl (C=O) groups is 1. The standard InChI is InChI=1S/C20H21N3O3S2/c1-14-3-2-10-23(12-14)28(25,26)17-7-4-15(5-8-17)20(24)22-16-6-9-18-19(11-16)27-13-21-18/h4-9,11,13-14H,2-3,10,12H2,1H3,(H,22,24). The summed E-state index contributed by atoms with van der Waals surface area (Å²) in [4.78, 5) is 17.0. The topological polar surface area (TPSA) is 79.4 Å². The molecular formula is C20H21N3O3S2. The van der Waals surface area contributed by atoms with Crippen LogP contribution in [0.4, 0.5) is 5.69 Å². The van der Waals surface area contributed by atoms with Gasteiger partial charge in [0.25, 0.3) is 5.91 Å². The summed E-state index contributed by atoms with van der Waals surface area (Å²) >= 11 is 1.51. The number of aromatic nitrogens is 1. The molecule has 1 N–H and O–H groups in total. The van der Waals surface area contributed by atoms with Gasteiger partial charge in [0.05, 0.1) is 20.6 Å². The quantitative estimate of drug-likeness (QED) is 0.699. The Morgan fingerprint density at radius 3 is 2.75 bits per heavy atom. The molecule has 6 nitrogen and oxygen atoms in total. The van der Waals surface area contributed by atoms with E-state index in [1.165, 1.54) is 23.5 Å². The predicted molar refractivity (Wildman–Crippen MR) is 111 cm³/mol. The smallest absolute Gasteiger partial charge is 0.255 e. The molecule has 146 valence electrons. The van der Waals surface area contributed by atoms with E-state index in [4.69, 9.17) is 0 Å². The molecule has 1 saturated heterocycles. The molecule has 0 spiro atoms. The van der Waals surface area contributed by atoms with Crippen molar-refractivity contribution in [2.24, 2.45) is 5.92 Å². The van der Waals surface area contributed by atoms with Crippen molar-refractivity contribution in [3.8, 4) is 0 Å². The Hall–Kier alpha value is -2.29. The lowest BCUT2D eigenvalue weighted by Crippen LogP contribution is -2.39. The van der Waals surface area contributed by atoms with Crippen LogP contribution in [0.25, 0.3) is 10.2 Å². The highest BCUT2D eigenvalue weighted by Crippen LogP contribution is 2.25. The van der Waals surface area contributed by atoms with Crippen LogP contribution in [-0.4, -0.2) is 36.7 Å². The van der Waals surface area contributed by atoms with Crippen LogP contribution >= 0.6 is 11.3 Å². The van der Waals surface area contributed by atoms with E-state index < -0.39 is 10.0 Å². The summed E-state index contributed by atoms with van der Waals surface area (Å²) in [6, 6.07) is 11.7. The van der Waals surface area contributed by atoms with Gasteiger partial charge in [-0.15, -0.1) is 11.3 Å². The van der Waals surface area contributed by atoms with Crippen LogP contribution in [0.2, 0.25) is 0 Å². The van der Waals surface area contributed by atoms with Gasteiger partial charge >= 0.3 is 0 Å². The zero-order valence-corrected chi connectivity index (χ0v) is 17.1. The van der Waals surface area contributed by atoms with E-state index in [1.54, 1.807) is 28.0 Å². The van der Waals surface area contributed by atoms with Crippen molar-refractivity contribution in [2.75, 3.05) is 18.4 Å². The fourth-order valence-electron chi connectivity index (χ4n) is 3.43. The van der Waals surface area contributed by atoms with Gasteiger partial charge in [-0.05, 0) is 61.2 Å². The Balaban J connectivity index is 1.49. The molecule has 2 heterocycles. The average molecular weight is 416 g/mol. The minimum absolute atomic E-state index is 0.226. The number of thiazole rings is 1. The second-order valence-corrected chi connectivity index (χ2v) is 9.95. The number of carbonyl (C=O) groups excluding carboxylic acids is 1. The molecule has 28 heavy (non-hydrogen) atoms. The van der Waals surface area contributed by atoms with Gasteiger partial charge in [0.15, 0.2) is 0 Å². The fourth-order valence-corrected chi connectivity index (χ4v) is 5.74. The monoisotopic (exact) mass is 415 g/mol. The fraction of sp³-hybridized carbons (Fsp3) is 0.300. The number of nitrogens with one attached hydrogen (secondary N) is 1. The first-order valence-corrected chi connectivity index (χ1v) is 11.5. The molecule has 0 radical (unpaired) electrons. The van der Waals surface area contributed by atoms with Crippen molar-refractivity contribution >= 4 is 43.2 Å². The average Bonchev–Trinajstić information content (AvgIpc) is 3.16. The van der Waals surface area contributed by atoms with E-state index in [-0.39, 0.29) is 10.8 Å². The summed E-state index contributed by atoms with van der Waals surface area (Å²) in [6.07, 6.45) is 1.93. The molecule has 3 aromatic rings. The van der Waals surface area contributed by atoms with Crippen LogP contribution in [0.5, 0.6) is 0 Å². The van der Waals surface area contributed by atoms with Crippen LogP contribution in [-0.2, 0) is 10.0 Å². The number of rotatable bonds is 4. The lowest BCUT2D eigenvalue weighted by Gasteiger charge is -2.30. The highest BCUT2D eigenvalue weighted by Gasteiger charge is 2.28. The van der Waals surface area contributed by atoms with E-state index in [9.17, 15) is 13.2 Å². The van der Waals surface area contributed by atoms with Crippen LogP contribution in [0, 0.1) is 5.92 Å². The molecule has 1 atom stereocenters. The molecule has 0 bridgehead atoms. The molecule has 4 rings (SSSR count). The molecule has 1 aromatic heterocycles. The molecule has 1 aliphatic rings. The number of nitrogens with zero attached hydrogens (tertiary/aromatic N) is 2. The number of benzene rings is 2. The molecule has 0 aliphatic carbocycles. The van der Waals surface area contributed by atoms with Gasteiger partial charge in [0.1, 0.15) is 0 Å². The van der Waals surface area contributed by atoms with Crippen molar-refractivity contribution in [1.29, 1.82) is 0 Å². The first-order chi connectivity index (χ1) is 13.4. The summed E-state index contributed by atoms with van der Waals surface area (Å²) in [5.74, 6) is 0.0869. The zero-order chi connectivity index (χ0) is 19.7. The number of piperidine rings is 1. The second-order valence-electron chi connectivity index (χ2n) is 7.12. The minimum atomic E-state index is -3.52. The molecule has 1 aliphatic heterocycles. The van der Waals surface area contributed by atoms with Gasteiger partial charge < -0.3 is 5.32 Å². The summed E-state index contributed by atoms with van der Waals surface area (Å²) in [6.45, 7) is 3.16. The van der Waals surface area contributed by atoms with Gasteiger partial charge in [-0.2, -0.15) is 4.31 Å². The molecule has 1 unspecified atom stereocenters. The summed E-state index contributed by atoms with van der Waals surface area (Å²) < 4.78 is 28.2. The van der Waals surface area contributed by atoms with Crippen LogP contribution < -0.4 is 5.32 Å². The van der Waals surface area contributed by atoms with E-state index >= 15 is 0 Å². The van der Waals surface area contributed by atoms with Crippen LogP contribution in [0.1, 0.15) is 30.1 Å². The maximum Gasteiger partial charge on any atom is 0.255 e. The van der Waals surface area contributed by atoms with Gasteiger partial charge in [-0.25, -0.2) is 13.4 Å². The zero-order valence-electron chi connectivity index (χ0n) is 15.5. The molecular weight excluding hydrogens is 394 g/mol. The first kappa shape index (κ1) is 19.0. The lowest BCUT2D eigenvalue weighted by molar-refractivity contribution is 0.102. The molecule has 1 fully saturated rings. The number of anilines is 1. The Morgan fingerprint density at radius 2 is 2.00 bits per heavy atom. The van der Waals surface area contributed by atoms with Crippen molar-refractivity contribution in [2.45, 2.75) is 24.7 Å². The third-order valence-corrected chi connectivity index (χ3v) is 7.63. The van der Waals surface area contributed by atoms with Crippen molar-refractivity contribution in [3.63, 3.8) is 0 Å². The predicted octanol–water partition coefficient (Wildman–Crippen LogP) is 3.97. The Morgan fingerprint density at radius 1 is 1.21 bits per heavy atom. The molecule has 8 heteroatoms. The highest BCUT2D eigenvalue weighted by atomic mass is 32.2. The van der Waals surface area contributed by atoms with Crippen molar-refractivity contribution in [1.82, 2.24) is 9.29 Å². The third-order valence-electron chi connectivity index (χ3n) is 4.96. The molecule has 1 amide bonds. The highest BCUT2D eigenvalue weighted by molar-refractivity contribution is 7.89. The van der Waals surface area contributed by atoms with Gasteiger partial charge in [0, 0.05) is 24.3 Å². The Bertz CT molecular complexity index is 1110. The third kappa shape index (κ3) is 3.80. The number of fused-ring (bicyclic) bond motifs is 1. The maximum atomic E-state index is 12.8. The van der Waals surface area contributed by atoms with Gasteiger partial charge in [0.2, 0.25) is 10.0 Å². The van der Waals surface area contributed by atoms with Crippen LogP contribution in [0.3, 0.4) is 0 Å². The van der Waals surface area contributed by atoms with Crippen molar-refractivity contribution < 1.29 is 13.2 Å². The number of sulfonamides is 1. The van der Waals surface area contributed by atoms with E-state index in [2.05, 4.69) is 17.2 Å². The number of hydrogen-bond acceptors (Lipinski definition) is 5. The maximum absolute atomic E-state index is 12.8. The lowest BCUT2D eigenvalue weighted by atomic mass is 10.0. The normalized spacial score (nSPS) is 18.2. The van der Waals surface area contributed by atoms with Gasteiger partial charge in [-0.1, -0.05) is 6.92 Å². The van der Waals surface area contributed by atoms with E-state index in [1.807, 2.05) is 12.1 Å². The SMILES string of the molecule is CC1CCCN(S(=O)(=O)c2ccc(C(=O)Nc3ccc4ncsc4c3)cc2)C1. The number of amides is 1. The first-order valence-electron chi connectivity index (χ1n) is 9.18. The molecule has 2 aromatic carbocycles. The Kier molecular flexibility index (Phi) is 5.18. The minimum Gasteiger partial charge on any atom is -0.322 e. The summed E-state index contributed by atoms with van der Waals surface area (Å²) in [5, 5.41) is 2.85. The Labute approximate surface area is 168 Å². The summed E-state index contributed by atoms with van der Waals surface area (Å²) in [7, 11) is -3.52.